The maximum atomic E-state index is 12.7. The SMILES string of the molecule is COc1cccc(C(NC(=O)CS(=O)(=O)CCCc2ccccc2)c2nccn2C)c1. The molecule has 0 saturated heterocycles. The lowest BCUT2D eigenvalue weighted by molar-refractivity contribution is -0.119. The Bertz CT molecular complexity index is 1110. The van der Waals surface area contributed by atoms with Gasteiger partial charge in [0.15, 0.2) is 9.84 Å². The van der Waals surface area contributed by atoms with Gasteiger partial charge < -0.3 is 14.6 Å². The Morgan fingerprint density at radius 1 is 1.16 bits per heavy atom. The standard InChI is InChI=1S/C23H27N3O4S/c1-26-14-13-24-23(26)22(19-11-6-12-20(16-19)30-2)25-21(27)17-31(28,29)15-7-10-18-8-4-3-5-9-18/h3-6,8-9,11-14,16,22H,7,10,15,17H2,1-2H3,(H,25,27). The molecule has 1 aromatic heterocycles. The molecule has 0 fully saturated rings. The number of hydrogen-bond acceptors (Lipinski definition) is 5. The summed E-state index contributed by atoms with van der Waals surface area (Å²) in [4.78, 5) is 17.0. The smallest absolute Gasteiger partial charge is 0.236 e. The van der Waals surface area contributed by atoms with Gasteiger partial charge in [-0.1, -0.05) is 42.5 Å². The van der Waals surface area contributed by atoms with Crippen LogP contribution < -0.4 is 10.1 Å². The van der Waals surface area contributed by atoms with Gasteiger partial charge >= 0.3 is 0 Å². The maximum Gasteiger partial charge on any atom is 0.236 e. The van der Waals surface area contributed by atoms with Crippen molar-refractivity contribution in [1.82, 2.24) is 14.9 Å². The average molecular weight is 442 g/mol. The number of benzene rings is 2. The van der Waals surface area contributed by atoms with Gasteiger partial charge in [0.2, 0.25) is 5.91 Å². The minimum atomic E-state index is -3.53. The first-order valence-electron chi connectivity index (χ1n) is 10.0. The molecule has 1 amide bonds. The predicted octanol–water partition coefficient (Wildman–Crippen LogP) is 2.68. The summed E-state index contributed by atoms with van der Waals surface area (Å²) in [6.07, 6.45) is 4.53. The Balaban J connectivity index is 1.67. The molecule has 2 aromatic carbocycles. The van der Waals surface area contributed by atoms with Gasteiger partial charge in [-0.3, -0.25) is 4.79 Å². The number of amides is 1. The van der Waals surface area contributed by atoms with Crippen molar-refractivity contribution in [3.63, 3.8) is 0 Å². The Labute approximate surface area is 183 Å². The third kappa shape index (κ3) is 6.42. The number of ether oxygens (including phenoxy) is 1. The highest BCUT2D eigenvalue weighted by molar-refractivity contribution is 7.92. The zero-order valence-corrected chi connectivity index (χ0v) is 18.5. The van der Waals surface area contributed by atoms with E-state index in [0.717, 1.165) is 11.1 Å². The highest BCUT2D eigenvalue weighted by atomic mass is 32.2. The second kappa shape index (κ2) is 10.3. The zero-order chi connectivity index (χ0) is 22.3. The summed E-state index contributed by atoms with van der Waals surface area (Å²) in [5, 5.41) is 2.84. The lowest BCUT2D eigenvalue weighted by Crippen LogP contribution is -2.36. The van der Waals surface area contributed by atoms with Crippen molar-refractivity contribution >= 4 is 15.7 Å². The minimum absolute atomic E-state index is 0.0401. The fourth-order valence-electron chi connectivity index (χ4n) is 3.39. The first kappa shape index (κ1) is 22.6. The van der Waals surface area contributed by atoms with E-state index in [4.69, 9.17) is 4.74 Å². The second-order valence-corrected chi connectivity index (χ2v) is 9.54. The fraction of sp³-hybridized carbons (Fsp3) is 0.304. The molecular weight excluding hydrogens is 414 g/mol. The summed E-state index contributed by atoms with van der Waals surface area (Å²) in [5.74, 6) is 0.0758. The van der Waals surface area contributed by atoms with Gasteiger partial charge in [-0.2, -0.15) is 0 Å². The number of nitrogens with one attached hydrogen (secondary N) is 1. The fourth-order valence-corrected chi connectivity index (χ4v) is 4.60. The molecule has 0 saturated carbocycles. The lowest BCUT2D eigenvalue weighted by atomic mass is 10.1. The Kier molecular flexibility index (Phi) is 7.46. The molecule has 1 N–H and O–H groups in total. The molecule has 3 rings (SSSR count). The van der Waals surface area contributed by atoms with Crippen LogP contribution in [0, 0.1) is 0 Å². The van der Waals surface area contributed by atoms with Crippen LogP contribution in [0.1, 0.15) is 29.4 Å². The summed E-state index contributed by atoms with van der Waals surface area (Å²) in [5.41, 5.74) is 1.83. The molecule has 0 aliphatic carbocycles. The number of aryl methyl sites for hydroxylation is 2. The van der Waals surface area contributed by atoms with Crippen molar-refractivity contribution in [3.05, 3.63) is 83.9 Å². The Morgan fingerprint density at radius 3 is 2.61 bits per heavy atom. The van der Waals surface area contributed by atoms with E-state index in [1.807, 2.05) is 49.5 Å². The van der Waals surface area contributed by atoms with Crippen LogP contribution in [-0.4, -0.2) is 42.5 Å². The zero-order valence-electron chi connectivity index (χ0n) is 17.7. The van der Waals surface area contributed by atoms with Crippen molar-refractivity contribution in [3.8, 4) is 5.75 Å². The van der Waals surface area contributed by atoms with Crippen molar-refractivity contribution < 1.29 is 17.9 Å². The van der Waals surface area contributed by atoms with Gasteiger partial charge in [-0.05, 0) is 36.1 Å². The van der Waals surface area contributed by atoms with Crippen LogP contribution in [0.15, 0.2) is 67.0 Å². The van der Waals surface area contributed by atoms with Crippen molar-refractivity contribution in [2.75, 3.05) is 18.6 Å². The molecular formula is C23H27N3O4S. The van der Waals surface area contributed by atoms with Crippen LogP contribution in [0.25, 0.3) is 0 Å². The van der Waals surface area contributed by atoms with E-state index < -0.39 is 27.5 Å². The topological polar surface area (TPSA) is 90.3 Å². The van der Waals surface area contributed by atoms with Gasteiger partial charge in [0, 0.05) is 19.4 Å². The lowest BCUT2D eigenvalue weighted by Gasteiger charge is -2.20. The summed E-state index contributed by atoms with van der Waals surface area (Å²) in [7, 11) is -0.148. The first-order chi connectivity index (χ1) is 14.9. The molecule has 164 valence electrons. The molecule has 31 heavy (non-hydrogen) atoms. The minimum Gasteiger partial charge on any atom is -0.497 e. The molecule has 7 nitrogen and oxygen atoms in total. The van der Waals surface area contributed by atoms with Crippen LogP contribution in [-0.2, 0) is 28.1 Å². The van der Waals surface area contributed by atoms with E-state index in [9.17, 15) is 13.2 Å². The van der Waals surface area contributed by atoms with Gasteiger partial charge in [-0.25, -0.2) is 13.4 Å². The van der Waals surface area contributed by atoms with E-state index in [2.05, 4.69) is 10.3 Å². The first-order valence-corrected chi connectivity index (χ1v) is 11.8. The number of rotatable bonds is 10. The number of sulfone groups is 1. The van der Waals surface area contributed by atoms with Crippen LogP contribution in [0.4, 0.5) is 0 Å². The van der Waals surface area contributed by atoms with E-state index in [1.54, 1.807) is 36.2 Å². The molecule has 1 atom stereocenters. The van der Waals surface area contributed by atoms with E-state index in [1.165, 1.54) is 0 Å². The quantitative estimate of drug-likeness (QED) is 0.522. The Hall–Kier alpha value is -3.13. The number of imidazole rings is 1. The van der Waals surface area contributed by atoms with Crippen LogP contribution in [0.2, 0.25) is 0 Å². The largest absolute Gasteiger partial charge is 0.497 e. The van der Waals surface area contributed by atoms with Gasteiger partial charge in [0.25, 0.3) is 0 Å². The molecule has 0 bridgehead atoms. The molecule has 3 aromatic rings. The maximum absolute atomic E-state index is 12.7. The summed E-state index contributed by atoms with van der Waals surface area (Å²) in [6, 6.07) is 16.4. The monoisotopic (exact) mass is 441 g/mol. The van der Waals surface area contributed by atoms with Gasteiger partial charge in [-0.15, -0.1) is 0 Å². The number of carbonyl (C=O) groups excluding carboxylic acids is 1. The van der Waals surface area contributed by atoms with Gasteiger partial charge in [0.05, 0.1) is 12.9 Å². The van der Waals surface area contributed by atoms with E-state index in [0.29, 0.717) is 24.4 Å². The molecule has 1 heterocycles. The summed E-state index contributed by atoms with van der Waals surface area (Å²) >= 11 is 0. The normalized spacial score (nSPS) is 12.3. The average Bonchev–Trinajstić information content (AvgIpc) is 3.18. The van der Waals surface area contributed by atoms with Crippen LogP contribution in [0.3, 0.4) is 0 Å². The summed E-state index contributed by atoms with van der Waals surface area (Å²) in [6.45, 7) is 0. The molecule has 0 aliphatic rings. The highest BCUT2D eigenvalue weighted by Crippen LogP contribution is 2.24. The van der Waals surface area contributed by atoms with E-state index >= 15 is 0 Å². The number of methoxy groups -OCH3 is 1. The number of aromatic nitrogens is 2. The predicted molar refractivity (Wildman–Crippen MR) is 120 cm³/mol. The molecule has 0 spiro atoms. The summed E-state index contributed by atoms with van der Waals surface area (Å²) < 4.78 is 32.1. The number of hydrogen-bond donors (Lipinski definition) is 1. The van der Waals surface area contributed by atoms with Crippen molar-refractivity contribution in [1.29, 1.82) is 0 Å². The third-order valence-corrected chi connectivity index (χ3v) is 6.58. The number of nitrogens with zero attached hydrogens (tertiary/aromatic N) is 2. The highest BCUT2D eigenvalue weighted by Gasteiger charge is 2.24. The van der Waals surface area contributed by atoms with Crippen molar-refractivity contribution in [2.45, 2.75) is 18.9 Å². The third-order valence-electron chi connectivity index (χ3n) is 4.96. The number of carbonyl (C=O) groups is 1. The Morgan fingerprint density at radius 2 is 1.94 bits per heavy atom. The van der Waals surface area contributed by atoms with Crippen molar-refractivity contribution in [2.24, 2.45) is 7.05 Å². The van der Waals surface area contributed by atoms with Crippen LogP contribution in [0.5, 0.6) is 5.75 Å². The van der Waals surface area contributed by atoms with E-state index in [-0.39, 0.29) is 5.75 Å². The molecule has 0 aliphatic heterocycles. The molecule has 8 heteroatoms. The molecule has 0 radical (unpaired) electrons. The second-order valence-electron chi connectivity index (χ2n) is 7.35. The van der Waals surface area contributed by atoms with Crippen LogP contribution >= 0.6 is 0 Å². The van der Waals surface area contributed by atoms with Gasteiger partial charge in [0.1, 0.15) is 23.4 Å². The molecule has 1 unspecified atom stereocenters.